The highest BCUT2D eigenvalue weighted by atomic mass is 16.5. The molecule has 0 aromatic heterocycles. The summed E-state index contributed by atoms with van der Waals surface area (Å²) >= 11 is 0. The molecule has 0 saturated carbocycles. The van der Waals surface area contributed by atoms with Gasteiger partial charge in [-0.25, -0.2) is 0 Å². The van der Waals surface area contributed by atoms with E-state index < -0.39 is 0 Å². The molecule has 2 nitrogen and oxygen atoms in total. The first-order chi connectivity index (χ1) is 12.3. The van der Waals surface area contributed by atoms with Gasteiger partial charge in [0.15, 0.2) is 0 Å². The lowest BCUT2D eigenvalue weighted by Crippen LogP contribution is -1.94. The molecule has 0 fully saturated rings. The van der Waals surface area contributed by atoms with Crippen LogP contribution in [-0.2, 0) is 0 Å². The highest BCUT2D eigenvalue weighted by molar-refractivity contribution is 6.26. The van der Waals surface area contributed by atoms with Gasteiger partial charge in [0, 0.05) is 16.6 Å². The molecule has 0 aliphatic carbocycles. The third-order valence-corrected chi connectivity index (χ3v) is 5.09. The van der Waals surface area contributed by atoms with Gasteiger partial charge in [-0.3, -0.25) is 0 Å². The lowest BCUT2D eigenvalue weighted by molar-refractivity contribution is 0.415. The maximum absolute atomic E-state index is 6.60. The largest absolute Gasteiger partial charge is 0.497 e. The number of nitrogen functional groups attached to an aromatic ring is 1. The van der Waals surface area contributed by atoms with Gasteiger partial charge in [-0.2, -0.15) is 0 Å². The van der Waals surface area contributed by atoms with Gasteiger partial charge in [-0.1, -0.05) is 54.6 Å². The Morgan fingerprint density at radius 1 is 0.720 bits per heavy atom. The zero-order valence-corrected chi connectivity index (χ0v) is 13.9. The van der Waals surface area contributed by atoms with Gasteiger partial charge in [-0.05, 0) is 50.7 Å². The number of rotatable bonds is 2. The first kappa shape index (κ1) is 14.1. The van der Waals surface area contributed by atoms with Crippen LogP contribution in [0, 0.1) is 0 Å². The Hall–Kier alpha value is -3.26. The molecule has 0 aliphatic heterocycles. The minimum absolute atomic E-state index is 0.830. The van der Waals surface area contributed by atoms with Gasteiger partial charge in [0.1, 0.15) is 5.75 Å². The highest BCUT2D eigenvalue weighted by Crippen LogP contribution is 2.41. The molecule has 120 valence electrons. The third-order valence-electron chi connectivity index (χ3n) is 5.09. The molecule has 0 bridgehead atoms. The predicted octanol–water partition coefficient (Wildman–Crippen LogP) is 5.84. The van der Waals surface area contributed by atoms with Crippen molar-refractivity contribution in [1.29, 1.82) is 0 Å². The Balaban J connectivity index is 1.88. The molecular formula is C23H17NO. The second-order valence-corrected chi connectivity index (χ2v) is 6.42. The Kier molecular flexibility index (Phi) is 2.89. The van der Waals surface area contributed by atoms with E-state index >= 15 is 0 Å². The van der Waals surface area contributed by atoms with E-state index in [0.29, 0.717) is 0 Å². The van der Waals surface area contributed by atoms with Gasteiger partial charge >= 0.3 is 0 Å². The Morgan fingerprint density at radius 2 is 1.40 bits per heavy atom. The van der Waals surface area contributed by atoms with E-state index in [1.54, 1.807) is 7.11 Å². The minimum Gasteiger partial charge on any atom is -0.497 e. The minimum atomic E-state index is 0.830. The first-order valence-electron chi connectivity index (χ1n) is 8.37. The van der Waals surface area contributed by atoms with Gasteiger partial charge in [0.2, 0.25) is 0 Å². The predicted molar refractivity (Wildman–Crippen MR) is 107 cm³/mol. The van der Waals surface area contributed by atoms with E-state index in [0.717, 1.165) is 28.0 Å². The van der Waals surface area contributed by atoms with E-state index in [1.807, 2.05) is 12.1 Å². The normalized spacial score (nSPS) is 11.6. The van der Waals surface area contributed by atoms with E-state index in [9.17, 15) is 0 Å². The van der Waals surface area contributed by atoms with E-state index in [-0.39, 0.29) is 0 Å². The van der Waals surface area contributed by atoms with E-state index in [2.05, 4.69) is 60.7 Å². The van der Waals surface area contributed by atoms with Crippen LogP contribution in [0.25, 0.3) is 43.4 Å². The van der Waals surface area contributed by atoms with Crippen LogP contribution in [0.2, 0.25) is 0 Å². The smallest absolute Gasteiger partial charge is 0.118 e. The topological polar surface area (TPSA) is 35.2 Å². The molecular weight excluding hydrogens is 306 g/mol. The summed E-state index contributed by atoms with van der Waals surface area (Å²) in [6.07, 6.45) is 0. The van der Waals surface area contributed by atoms with Crippen molar-refractivity contribution < 1.29 is 4.74 Å². The standard InChI is InChI=1S/C23H17NO/c1-25-18-10-7-14(8-11-18)20-13-17-6-5-15-3-2-4-16-9-12-19(23(20)24)22(17)21(15)16/h2-13H,24H2,1H3. The van der Waals surface area contributed by atoms with Crippen LogP contribution in [0.3, 0.4) is 0 Å². The molecule has 0 aliphatic rings. The quantitative estimate of drug-likeness (QED) is 0.327. The Labute approximate surface area is 145 Å². The highest BCUT2D eigenvalue weighted by Gasteiger charge is 2.14. The number of ether oxygens (including phenoxy) is 1. The molecule has 2 heteroatoms. The summed E-state index contributed by atoms with van der Waals surface area (Å²) in [5.74, 6) is 0.847. The summed E-state index contributed by atoms with van der Waals surface area (Å²) in [7, 11) is 1.68. The van der Waals surface area contributed by atoms with Crippen molar-refractivity contribution in [3.05, 3.63) is 72.8 Å². The number of methoxy groups -OCH3 is 1. The molecule has 0 amide bonds. The Morgan fingerprint density at radius 3 is 2.12 bits per heavy atom. The van der Waals surface area contributed by atoms with Crippen LogP contribution >= 0.6 is 0 Å². The molecule has 25 heavy (non-hydrogen) atoms. The maximum Gasteiger partial charge on any atom is 0.118 e. The molecule has 0 atom stereocenters. The zero-order chi connectivity index (χ0) is 17.0. The fourth-order valence-electron chi connectivity index (χ4n) is 3.84. The number of hydrogen-bond acceptors (Lipinski definition) is 2. The van der Waals surface area contributed by atoms with Gasteiger partial charge < -0.3 is 10.5 Å². The van der Waals surface area contributed by atoms with Crippen LogP contribution < -0.4 is 10.5 Å². The summed E-state index contributed by atoms with van der Waals surface area (Å²) in [6.45, 7) is 0. The van der Waals surface area contributed by atoms with Gasteiger partial charge in [0.25, 0.3) is 0 Å². The van der Waals surface area contributed by atoms with Crippen molar-refractivity contribution in [2.75, 3.05) is 12.8 Å². The number of nitrogens with two attached hydrogens (primary N) is 1. The van der Waals surface area contributed by atoms with Crippen molar-refractivity contribution in [3.63, 3.8) is 0 Å². The number of hydrogen-bond donors (Lipinski definition) is 1. The van der Waals surface area contributed by atoms with Crippen LogP contribution in [-0.4, -0.2) is 7.11 Å². The SMILES string of the molecule is COc1ccc(-c2cc3ccc4cccc5ccc(c2N)c3c45)cc1. The third kappa shape index (κ3) is 1.97. The van der Waals surface area contributed by atoms with Crippen molar-refractivity contribution in [1.82, 2.24) is 0 Å². The molecule has 2 N–H and O–H groups in total. The number of benzene rings is 5. The molecule has 0 heterocycles. The first-order valence-corrected chi connectivity index (χ1v) is 8.37. The van der Waals surface area contributed by atoms with Gasteiger partial charge in [-0.15, -0.1) is 0 Å². The molecule has 0 radical (unpaired) electrons. The summed E-state index contributed by atoms with van der Waals surface area (Å²) in [4.78, 5) is 0. The second kappa shape index (κ2) is 5.12. The lowest BCUT2D eigenvalue weighted by Gasteiger charge is -2.16. The van der Waals surface area contributed by atoms with Gasteiger partial charge in [0.05, 0.1) is 7.11 Å². The van der Waals surface area contributed by atoms with Crippen LogP contribution in [0.4, 0.5) is 5.69 Å². The molecule has 5 aromatic carbocycles. The maximum atomic E-state index is 6.60. The summed E-state index contributed by atoms with van der Waals surface area (Å²) in [5, 5.41) is 7.40. The zero-order valence-electron chi connectivity index (χ0n) is 13.9. The lowest BCUT2D eigenvalue weighted by atomic mass is 9.90. The van der Waals surface area contributed by atoms with Crippen molar-refractivity contribution in [2.24, 2.45) is 0 Å². The number of anilines is 1. The average molecular weight is 323 g/mol. The molecule has 5 rings (SSSR count). The average Bonchev–Trinajstić information content (AvgIpc) is 2.67. The Bertz CT molecular complexity index is 1210. The van der Waals surface area contributed by atoms with Crippen LogP contribution in [0.15, 0.2) is 72.8 Å². The monoisotopic (exact) mass is 323 g/mol. The second-order valence-electron chi connectivity index (χ2n) is 6.42. The summed E-state index contributed by atoms with van der Waals surface area (Å²) in [6, 6.07) is 25.4. The summed E-state index contributed by atoms with van der Waals surface area (Å²) < 4.78 is 5.26. The van der Waals surface area contributed by atoms with Crippen molar-refractivity contribution in [2.45, 2.75) is 0 Å². The van der Waals surface area contributed by atoms with E-state index in [1.165, 1.54) is 26.9 Å². The fraction of sp³-hybridized carbons (Fsp3) is 0.0435. The molecule has 0 unspecified atom stereocenters. The molecule has 0 saturated heterocycles. The van der Waals surface area contributed by atoms with Crippen LogP contribution in [0.5, 0.6) is 5.75 Å². The van der Waals surface area contributed by atoms with Crippen LogP contribution in [0.1, 0.15) is 0 Å². The van der Waals surface area contributed by atoms with E-state index in [4.69, 9.17) is 10.5 Å². The fourth-order valence-corrected chi connectivity index (χ4v) is 3.84. The molecule has 5 aromatic rings. The summed E-state index contributed by atoms with van der Waals surface area (Å²) in [5.41, 5.74) is 9.59. The van der Waals surface area contributed by atoms with Crippen molar-refractivity contribution >= 4 is 38.0 Å². The van der Waals surface area contributed by atoms with Crippen molar-refractivity contribution in [3.8, 4) is 16.9 Å². The molecule has 0 spiro atoms.